The van der Waals surface area contributed by atoms with Gasteiger partial charge in [-0.15, -0.1) is 0 Å². The van der Waals surface area contributed by atoms with Crippen molar-refractivity contribution in [2.75, 3.05) is 18.1 Å². The molecule has 82 valence electrons. The minimum absolute atomic E-state index is 0.0778. The summed E-state index contributed by atoms with van der Waals surface area (Å²) < 4.78 is 5.10. The Morgan fingerprint density at radius 3 is 2.67 bits per heavy atom. The summed E-state index contributed by atoms with van der Waals surface area (Å²) in [5, 5.41) is 10.8. The Kier molecular flexibility index (Phi) is 3.21. The van der Waals surface area contributed by atoms with Gasteiger partial charge in [-0.3, -0.25) is 10.1 Å². The Balaban J connectivity index is 3.42. The van der Waals surface area contributed by atoms with Crippen molar-refractivity contribution < 1.29 is 9.66 Å². The van der Waals surface area contributed by atoms with Gasteiger partial charge >= 0.3 is 5.69 Å². The van der Waals surface area contributed by atoms with E-state index in [0.717, 1.165) is 0 Å². The van der Waals surface area contributed by atoms with Gasteiger partial charge in [0.2, 0.25) is 0 Å². The number of nitrogens with two attached hydrogens (primary N) is 2. The highest BCUT2D eigenvalue weighted by Crippen LogP contribution is 2.42. The first-order valence-electron chi connectivity index (χ1n) is 4.13. The molecule has 0 saturated carbocycles. The number of hydrogen-bond acceptors (Lipinski definition) is 5. The number of benzene rings is 1. The van der Waals surface area contributed by atoms with Crippen LogP contribution in [-0.4, -0.2) is 11.5 Å². The first kappa shape index (κ1) is 11.4. The lowest BCUT2D eigenvalue weighted by atomic mass is 10.2. The predicted molar refractivity (Wildman–Crippen MR) is 58.1 cm³/mol. The van der Waals surface area contributed by atoms with Gasteiger partial charge in [0, 0.05) is 0 Å². The van der Waals surface area contributed by atoms with Gasteiger partial charge < -0.3 is 16.2 Å². The summed E-state index contributed by atoms with van der Waals surface area (Å²) in [6.07, 6.45) is 0. The first-order valence-corrected chi connectivity index (χ1v) is 4.51. The van der Waals surface area contributed by atoms with Crippen LogP contribution in [0.4, 0.5) is 17.1 Å². The lowest BCUT2D eigenvalue weighted by Gasteiger charge is -2.10. The van der Waals surface area contributed by atoms with E-state index in [1.165, 1.54) is 6.07 Å². The third-order valence-corrected chi connectivity index (χ3v) is 2.02. The molecule has 0 bridgehead atoms. The van der Waals surface area contributed by atoms with Gasteiger partial charge in [0.1, 0.15) is 5.69 Å². The second-order valence-corrected chi connectivity index (χ2v) is 3.14. The smallest absolute Gasteiger partial charge is 0.318 e. The highest BCUT2D eigenvalue weighted by atomic mass is 35.5. The van der Waals surface area contributed by atoms with E-state index in [9.17, 15) is 10.1 Å². The van der Waals surface area contributed by atoms with Crippen LogP contribution in [0.2, 0.25) is 5.02 Å². The largest absolute Gasteiger partial charge is 0.490 e. The molecule has 0 spiro atoms. The fourth-order valence-electron chi connectivity index (χ4n) is 1.16. The number of nitro benzene ring substituents is 1. The molecule has 4 N–H and O–H groups in total. The summed E-state index contributed by atoms with van der Waals surface area (Å²) in [5.74, 6) is 0.0973. The van der Waals surface area contributed by atoms with E-state index in [1.54, 1.807) is 6.92 Å². The third kappa shape index (κ3) is 2.04. The van der Waals surface area contributed by atoms with Crippen LogP contribution in [0.25, 0.3) is 0 Å². The van der Waals surface area contributed by atoms with Crippen LogP contribution in [0.1, 0.15) is 6.92 Å². The Morgan fingerprint density at radius 1 is 1.60 bits per heavy atom. The topological polar surface area (TPSA) is 104 Å². The summed E-state index contributed by atoms with van der Waals surface area (Å²) in [4.78, 5) is 9.99. The van der Waals surface area contributed by atoms with E-state index >= 15 is 0 Å². The SMILES string of the molecule is CCOc1c(Cl)cc(N)c([N+](=O)[O-])c1N. The number of rotatable bonds is 3. The average Bonchev–Trinajstić information content (AvgIpc) is 2.11. The number of halogens is 1. The molecule has 0 saturated heterocycles. The summed E-state index contributed by atoms with van der Waals surface area (Å²) in [7, 11) is 0. The summed E-state index contributed by atoms with van der Waals surface area (Å²) in [6.45, 7) is 2.03. The van der Waals surface area contributed by atoms with E-state index in [4.69, 9.17) is 27.8 Å². The van der Waals surface area contributed by atoms with Crippen LogP contribution < -0.4 is 16.2 Å². The number of anilines is 2. The molecule has 0 radical (unpaired) electrons. The molecule has 7 heteroatoms. The van der Waals surface area contributed by atoms with Crippen molar-refractivity contribution in [2.24, 2.45) is 0 Å². The Hall–Kier alpha value is -1.69. The summed E-state index contributed by atoms with van der Waals surface area (Å²) in [5.41, 5.74) is 10.4. The van der Waals surface area contributed by atoms with Gasteiger partial charge in [0.05, 0.1) is 16.6 Å². The number of nitrogen functional groups attached to an aromatic ring is 2. The van der Waals surface area contributed by atoms with Crippen molar-refractivity contribution in [2.45, 2.75) is 6.92 Å². The molecule has 1 aromatic carbocycles. The molecule has 0 heterocycles. The third-order valence-electron chi connectivity index (χ3n) is 1.74. The summed E-state index contributed by atoms with van der Waals surface area (Å²) in [6, 6.07) is 1.25. The number of nitro groups is 1. The van der Waals surface area contributed by atoms with Crippen molar-refractivity contribution in [3.05, 3.63) is 21.2 Å². The summed E-state index contributed by atoms with van der Waals surface area (Å²) >= 11 is 5.78. The predicted octanol–water partition coefficient (Wildman–Crippen LogP) is 1.81. The molecule has 0 aliphatic rings. The molecule has 0 aromatic heterocycles. The van der Waals surface area contributed by atoms with Crippen LogP contribution in [-0.2, 0) is 0 Å². The van der Waals surface area contributed by atoms with E-state index < -0.39 is 4.92 Å². The number of ether oxygens (including phenoxy) is 1. The molecule has 1 aromatic rings. The van der Waals surface area contributed by atoms with E-state index in [2.05, 4.69) is 0 Å². The van der Waals surface area contributed by atoms with Crippen LogP contribution in [0, 0.1) is 10.1 Å². The minimum Gasteiger partial charge on any atom is -0.490 e. The highest BCUT2D eigenvalue weighted by molar-refractivity contribution is 6.33. The van der Waals surface area contributed by atoms with Crippen LogP contribution in [0.15, 0.2) is 6.07 Å². The molecular formula is C8H10ClN3O3. The minimum atomic E-state index is -0.663. The van der Waals surface area contributed by atoms with Crippen molar-refractivity contribution in [3.8, 4) is 5.75 Å². The first-order chi connectivity index (χ1) is 6.99. The van der Waals surface area contributed by atoms with Gasteiger partial charge in [0.25, 0.3) is 0 Å². The zero-order chi connectivity index (χ0) is 11.6. The van der Waals surface area contributed by atoms with Gasteiger partial charge in [0.15, 0.2) is 11.4 Å². The lowest BCUT2D eigenvalue weighted by Crippen LogP contribution is -2.04. The number of hydrogen-bond donors (Lipinski definition) is 2. The van der Waals surface area contributed by atoms with Crippen LogP contribution in [0.3, 0.4) is 0 Å². The van der Waals surface area contributed by atoms with Gasteiger partial charge in [-0.2, -0.15) is 0 Å². The van der Waals surface area contributed by atoms with Crippen molar-refractivity contribution in [1.29, 1.82) is 0 Å². The normalized spacial score (nSPS) is 10.0. The zero-order valence-electron chi connectivity index (χ0n) is 7.99. The Labute approximate surface area is 90.9 Å². The van der Waals surface area contributed by atoms with E-state index in [0.29, 0.717) is 6.61 Å². The van der Waals surface area contributed by atoms with Crippen molar-refractivity contribution >= 4 is 28.7 Å². The van der Waals surface area contributed by atoms with E-state index in [-0.39, 0.29) is 27.8 Å². The van der Waals surface area contributed by atoms with Crippen molar-refractivity contribution in [1.82, 2.24) is 0 Å². The fraction of sp³-hybridized carbons (Fsp3) is 0.250. The molecule has 0 aliphatic carbocycles. The maximum atomic E-state index is 10.7. The van der Waals surface area contributed by atoms with Gasteiger partial charge in [-0.1, -0.05) is 11.6 Å². The lowest BCUT2D eigenvalue weighted by molar-refractivity contribution is -0.383. The molecule has 0 unspecified atom stereocenters. The molecule has 15 heavy (non-hydrogen) atoms. The molecule has 6 nitrogen and oxygen atoms in total. The second kappa shape index (κ2) is 4.22. The Morgan fingerprint density at radius 2 is 2.20 bits per heavy atom. The number of nitrogens with zero attached hydrogens (tertiary/aromatic N) is 1. The Bertz CT molecular complexity index is 409. The molecular weight excluding hydrogens is 222 g/mol. The van der Waals surface area contributed by atoms with Crippen LogP contribution >= 0.6 is 11.6 Å². The average molecular weight is 232 g/mol. The monoisotopic (exact) mass is 231 g/mol. The highest BCUT2D eigenvalue weighted by Gasteiger charge is 2.23. The molecule has 0 atom stereocenters. The van der Waals surface area contributed by atoms with Gasteiger partial charge in [-0.25, -0.2) is 0 Å². The maximum Gasteiger partial charge on any atom is 0.318 e. The molecule has 0 fully saturated rings. The molecule has 1 rings (SSSR count). The van der Waals surface area contributed by atoms with Crippen LogP contribution in [0.5, 0.6) is 5.75 Å². The molecule has 0 aliphatic heterocycles. The zero-order valence-corrected chi connectivity index (χ0v) is 8.75. The quantitative estimate of drug-likeness (QED) is 0.469. The van der Waals surface area contributed by atoms with Gasteiger partial charge in [-0.05, 0) is 13.0 Å². The standard InChI is InChI=1S/C8H10ClN3O3/c1-2-15-8-4(9)3-5(10)7(6(8)11)12(13)14/h3H,2,10-11H2,1H3. The second-order valence-electron chi connectivity index (χ2n) is 2.73. The maximum absolute atomic E-state index is 10.7. The molecule has 0 amide bonds. The van der Waals surface area contributed by atoms with Crippen molar-refractivity contribution in [3.63, 3.8) is 0 Å². The van der Waals surface area contributed by atoms with E-state index in [1.807, 2.05) is 0 Å². The fourth-order valence-corrected chi connectivity index (χ4v) is 1.43.